The van der Waals surface area contributed by atoms with E-state index in [1.807, 2.05) is 12.1 Å². The lowest BCUT2D eigenvalue weighted by Gasteiger charge is -2.28. The highest BCUT2D eigenvalue weighted by molar-refractivity contribution is 9.10. The number of morpholine rings is 1. The third kappa shape index (κ3) is 5.27. The number of hydrazone groups is 1. The van der Waals surface area contributed by atoms with Gasteiger partial charge in [-0.05, 0) is 40.5 Å². The SMILES string of the molecule is Cc1ccc([N+](=O)[O-])cc1S(=O)(=O)N(CCN1CCOCC1)/N=C/c1cnc2ccc(Br)cn12. The molecule has 180 valence electrons. The quantitative estimate of drug-likeness (QED) is 0.240. The molecule has 34 heavy (non-hydrogen) atoms. The first-order valence-corrected chi connectivity index (χ1v) is 12.7. The highest BCUT2D eigenvalue weighted by atomic mass is 79.9. The van der Waals surface area contributed by atoms with E-state index in [0.717, 1.165) is 15.0 Å². The van der Waals surface area contributed by atoms with E-state index >= 15 is 0 Å². The van der Waals surface area contributed by atoms with E-state index in [1.165, 1.54) is 18.3 Å². The standard InChI is InChI=1S/C21H23BrN6O5S/c1-16-2-4-18(28(29)30)12-20(16)34(31,32)27(7-6-25-8-10-33-11-9-25)24-14-19-13-23-21-5-3-17(22)15-26(19)21/h2-5,12-15H,6-11H2,1H3/b24-14+. The second kappa shape index (κ2) is 10.2. The van der Waals surface area contributed by atoms with Crippen LogP contribution in [-0.4, -0.2) is 77.6 Å². The van der Waals surface area contributed by atoms with Crippen LogP contribution in [0.4, 0.5) is 5.69 Å². The van der Waals surface area contributed by atoms with E-state index in [4.69, 9.17) is 4.74 Å². The van der Waals surface area contributed by atoms with Crippen molar-refractivity contribution in [2.45, 2.75) is 11.8 Å². The first-order valence-electron chi connectivity index (χ1n) is 10.5. The van der Waals surface area contributed by atoms with Crippen LogP contribution in [0.15, 0.2) is 57.2 Å². The zero-order chi connectivity index (χ0) is 24.3. The Balaban J connectivity index is 1.69. The van der Waals surface area contributed by atoms with Crippen molar-refractivity contribution in [1.82, 2.24) is 18.7 Å². The van der Waals surface area contributed by atoms with Gasteiger partial charge in [-0.2, -0.15) is 17.9 Å². The van der Waals surface area contributed by atoms with Gasteiger partial charge in [-0.3, -0.25) is 19.4 Å². The normalized spacial score (nSPS) is 15.2. The van der Waals surface area contributed by atoms with Crippen molar-refractivity contribution in [1.29, 1.82) is 0 Å². The number of nitrogens with zero attached hydrogens (tertiary/aromatic N) is 6. The van der Waals surface area contributed by atoms with E-state index < -0.39 is 14.9 Å². The number of sulfonamides is 1. The number of ether oxygens (including phenoxy) is 1. The molecular weight excluding hydrogens is 528 g/mol. The predicted molar refractivity (Wildman–Crippen MR) is 129 cm³/mol. The Hall–Kier alpha value is -2.87. The Morgan fingerprint density at radius 2 is 2.06 bits per heavy atom. The number of non-ortho nitro benzene ring substituents is 1. The number of pyridine rings is 1. The van der Waals surface area contributed by atoms with Crippen molar-refractivity contribution < 1.29 is 18.1 Å². The average Bonchev–Trinajstić information content (AvgIpc) is 3.21. The maximum atomic E-state index is 13.6. The second-order valence-corrected chi connectivity index (χ2v) is 10.4. The Kier molecular flexibility index (Phi) is 7.26. The summed E-state index contributed by atoms with van der Waals surface area (Å²) in [5.74, 6) is 0. The van der Waals surface area contributed by atoms with Crippen LogP contribution < -0.4 is 0 Å². The number of hydrogen-bond donors (Lipinski definition) is 0. The zero-order valence-electron chi connectivity index (χ0n) is 18.4. The molecule has 0 spiro atoms. The van der Waals surface area contributed by atoms with Gasteiger partial charge in [0.25, 0.3) is 15.7 Å². The molecule has 0 N–H and O–H groups in total. The molecule has 0 unspecified atom stereocenters. The van der Waals surface area contributed by atoms with Crippen molar-refractivity contribution in [2.75, 3.05) is 39.4 Å². The molecule has 0 bridgehead atoms. The maximum Gasteiger partial charge on any atom is 0.279 e. The van der Waals surface area contributed by atoms with Gasteiger partial charge >= 0.3 is 0 Å². The van der Waals surface area contributed by atoms with Crippen molar-refractivity contribution in [3.8, 4) is 0 Å². The monoisotopic (exact) mass is 550 g/mol. The number of rotatable bonds is 8. The third-order valence-electron chi connectivity index (χ3n) is 5.47. The number of nitro benzene ring substituents is 1. The molecule has 0 radical (unpaired) electrons. The van der Waals surface area contributed by atoms with Gasteiger partial charge in [-0.1, -0.05) is 6.07 Å². The summed E-state index contributed by atoms with van der Waals surface area (Å²) in [5, 5.41) is 15.6. The number of halogens is 1. The van der Waals surface area contributed by atoms with E-state index in [2.05, 4.69) is 30.9 Å². The summed E-state index contributed by atoms with van der Waals surface area (Å²) >= 11 is 3.42. The summed E-state index contributed by atoms with van der Waals surface area (Å²) in [5.41, 5.74) is 1.37. The molecule has 0 amide bonds. The smallest absolute Gasteiger partial charge is 0.279 e. The van der Waals surface area contributed by atoms with Gasteiger partial charge in [0.2, 0.25) is 0 Å². The van der Waals surface area contributed by atoms with E-state index in [-0.39, 0.29) is 17.1 Å². The number of aromatic nitrogens is 2. The van der Waals surface area contributed by atoms with Crippen LogP contribution in [0.2, 0.25) is 0 Å². The number of hydrogen-bond acceptors (Lipinski definition) is 8. The lowest BCUT2D eigenvalue weighted by atomic mass is 10.2. The van der Waals surface area contributed by atoms with Gasteiger partial charge in [0.05, 0.1) is 47.7 Å². The number of benzene rings is 1. The lowest BCUT2D eigenvalue weighted by Crippen LogP contribution is -2.41. The van der Waals surface area contributed by atoms with Gasteiger partial charge < -0.3 is 4.74 Å². The summed E-state index contributed by atoms with van der Waals surface area (Å²) in [6.45, 7) is 4.65. The lowest BCUT2D eigenvalue weighted by molar-refractivity contribution is -0.385. The van der Waals surface area contributed by atoms with Gasteiger partial charge in [0, 0.05) is 42.4 Å². The zero-order valence-corrected chi connectivity index (χ0v) is 20.8. The molecule has 1 aliphatic heterocycles. The predicted octanol–water partition coefficient (Wildman–Crippen LogP) is 2.67. The fourth-order valence-corrected chi connectivity index (χ4v) is 5.38. The van der Waals surface area contributed by atoms with Crippen LogP contribution in [0.5, 0.6) is 0 Å². The van der Waals surface area contributed by atoms with E-state index in [0.29, 0.717) is 49.8 Å². The van der Waals surface area contributed by atoms with Crippen molar-refractivity contribution in [2.24, 2.45) is 5.10 Å². The topological polar surface area (TPSA) is 123 Å². The highest BCUT2D eigenvalue weighted by Crippen LogP contribution is 2.25. The Labute approximate surface area is 205 Å². The number of aryl methyl sites for hydroxylation is 1. The molecule has 3 heterocycles. The molecule has 11 nitrogen and oxygen atoms in total. The fourth-order valence-electron chi connectivity index (χ4n) is 3.58. The largest absolute Gasteiger partial charge is 0.379 e. The minimum atomic E-state index is -4.17. The maximum absolute atomic E-state index is 13.6. The van der Waals surface area contributed by atoms with Crippen molar-refractivity contribution in [3.63, 3.8) is 0 Å². The molecule has 1 aliphatic rings. The summed E-state index contributed by atoms with van der Waals surface area (Å²) in [4.78, 5) is 16.9. The minimum absolute atomic E-state index is 0.0708. The molecule has 1 saturated heterocycles. The molecule has 0 aliphatic carbocycles. The molecular formula is C21H23BrN6O5S. The van der Waals surface area contributed by atoms with E-state index in [1.54, 1.807) is 23.7 Å². The third-order valence-corrected chi connectivity index (χ3v) is 7.76. The summed E-state index contributed by atoms with van der Waals surface area (Å²) in [6.07, 6.45) is 4.83. The van der Waals surface area contributed by atoms with Crippen LogP contribution in [0.25, 0.3) is 5.65 Å². The van der Waals surface area contributed by atoms with Gasteiger partial charge in [0.15, 0.2) is 0 Å². The Bertz CT molecular complexity index is 1340. The Morgan fingerprint density at radius 1 is 1.29 bits per heavy atom. The molecule has 0 saturated carbocycles. The van der Waals surface area contributed by atoms with Crippen LogP contribution in [0, 0.1) is 17.0 Å². The van der Waals surface area contributed by atoms with Crippen LogP contribution >= 0.6 is 15.9 Å². The number of fused-ring (bicyclic) bond motifs is 1. The molecule has 0 atom stereocenters. The summed E-state index contributed by atoms with van der Waals surface area (Å²) in [7, 11) is -4.17. The van der Waals surface area contributed by atoms with Crippen LogP contribution in [-0.2, 0) is 14.8 Å². The van der Waals surface area contributed by atoms with Crippen molar-refractivity contribution >= 4 is 43.5 Å². The highest BCUT2D eigenvalue weighted by Gasteiger charge is 2.28. The molecule has 1 aromatic carbocycles. The fraction of sp³-hybridized carbons (Fsp3) is 0.333. The minimum Gasteiger partial charge on any atom is -0.379 e. The first-order chi connectivity index (χ1) is 16.3. The van der Waals surface area contributed by atoms with Crippen molar-refractivity contribution in [3.05, 3.63) is 68.6 Å². The Morgan fingerprint density at radius 3 is 2.79 bits per heavy atom. The number of nitro groups is 1. The average molecular weight is 551 g/mol. The van der Waals surface area contributed by atoms with E-state index in [9.17, 15) is 18.5 Å². The molecule has 13 heteroatoms. The number of imidazole rings is 1. The van der Waals surface area contributed by atoms with Crippen LogP contribution in [0.3, 0.4) is 0 Å². The second-order valence-electron chi connectivity index (χ2n) is 7.71. The summed E-state index contributed by atoms with van der Waals surface area (Å²) in [6, 6.07) is 7.46. The van der Waals surface area contributed by atoms with Gasteiger partial charge in [-0.25, -0.2) is 4.98 Å². The molecule has 2 aromatic heterocycles. The van der Waals surface area contributed by atoms with Gasteiger partial charge in [0.1, 0.15) is 5.65 Å². The van der Waals surface area contributed by atoms with Crippen LogP contribution in [0.1, 0.15) is 11.3 Å². The molecule has 1 fully saturated rings. The van der Waals surface area contributed by atoms with Gasteiger partial charge in [-0.15, -0.1) is 0 Å². The summed E-state index contributed by atoms with van der Waals surface area (Å²) < 4.78 is 36.1. The molecule has 4 rings (SSSR count). The first kappa shape index (κ1) is 24.3. The molecule has 3 aromatic rings.